The second-order valence-electron chi connectivity index (χ2n) is 10.5. The van der Waals surface area contributed by atoms with Gasteiger partial charge in [0.2, 0.25) is 0 Å². The number of benzene rings is 3. The van der Waals surface area contributed by atoms with Gasteiger partial charge in [0.1, 0.15) is 0 Å². The van der Waals surface area contributed by atoms with Crippen LogP contribution in [0, 0.1) is 0 Å². The van der Waals surface area contributed by atoms with E-state index in [0.717, 1.165) is 0 Å². The van der Waals surface area contributed by atoms with Crippen LogP contribution in [0.3, 0.4) is 0 Å². The molecule has 0 aliphatic heterocycles. The van der Waals surface area contributed by atoms with Gasteiger partial charge in [-0.15, -0.1) is 0 Å². The summed E-state index contributed by atoms with van der Waals surface area (Å²) in [6.07, 6.45) is 7.64. The monoisotopic (exact) mass is 746 g/mol. The predicted octanol–water partition coefficient (Wildman–Crippen LogP) is 7.66. The summed E-state index contributed by atoms with van der Waals surface area (Å²) in [5.41, 5.74) is 0. The van der Waals surface area contributed by atoms with E-state index in [2.05, 4.69) is 128 Å². The molecule has 0 N–H and O–H groups in total. The van der Waals surface area contributed by atoms with E-state index in [9.17, 15) is 4.79 Å². The van der Waals surface area contributed by atoms with Crippen LogP contribution in [0.2, 0.25) is 13.3 Å². The van der Waals surface area contributed by atoms with Crippen LogP contribution in [0.25, 0.3) is 0 Å². The van der Waals surface area contributed by atoms with Crippen molar-refractivity contribution in [2.45, 2.75) is 84.8 Å². The van der Waals surface area contributed by atoms with Crippen molar-refractivity contribution in [3.05, 3.63) is 91.0 Å². The molecular formula is C33H46O2SSn2. The molecule has 0 saturated heterocycles. The maximum atomic E-state index is 14.2. The van der Waals surface area contributed by atoms with Crippen LogP contribution in [0.15, 0.2) is 91.0 Å². The van der Waals surface area contributed by atoms with Gasteiger partial charge in [-0.2, -0.15) is 0 Å². The summed E-state index contributed by atoms with van der Waals surface area (Å²) in [6, 6.07) is 31.7. The van der Waals surface area contributed by atoms with Crippen molar-refractivity contribution >= 4 is 61.4 Å². The minimum atomic E-state index is -4.09. The van der Waals surface area contributed by atoms with Crippen LogP contribution in [0.4, 0.5) is 0 Å². The van der Waals surface area contributed by atoms with E-state index in [1.54, 1.807) is 0 Å². The van der Waals surface area contributed by atoms with E-state index in [-0.39, 0.29) is 11.2 Å². The van der Waals surface area contributed by atoms with Crippen molar-refractivity contribution in [2.75, 3.05) is 0 Å². The Hall–Kier alpha value is -0.923. The molecule has 0 amide bonds. The summed E-state index contributed by atoms with van der Waals surface area (Å²) in [4.78, 5) is 14.2. The average Bonchev–Trinajstić information content (AvgIpc) is 2.97. The van der Waals surface area contributed by atoms with Crippen LogP contribution in [-0.4, -0.2) is 47.0 Å². The first-order valence-corrected chi connectivity index (χ1v) is 30.5. The molecular weight excluding hydrogens is 698 g/mol. The third-order valence-electron chi connectivity index (χ3n) is 7.51. The summed E-state index contributed by atoms with van der Waals surface area (Å²) in [5, 5.41) is -0.122. The number of carbonyl (C=O) groups excluding carboxylic acids is 1. The van der Waals surface area contributed by atoms with Gasteiger partial charge in [-0.1, -0.05) is 0 Å². The topological polar surface area (TPSA) is 26.3 Å². The second-order valence-corrected chi connectivity index (χ2v) is 39.7. The van der Waals surface area contributed by atoms with Crippen molar-refractivity contribution in [3.63, 3.8) is 0 Å². The Morgan fingerprint density at radius 1 is 0.658 bits per heavy atom. The Morgan fingerprint density at radius 3 is 1.32 bits per heavy atom. The fourth-order valence-electron chi connectivity index (χ4n) is 5.40. The zero-order valence-electron chi connectivity index (χ0n) is 23.8. The third kappa shape index (κ3) is 8.29. The summed E-state index contributed by atoms with van der Waals surface area (Å²) in [6.45, 7) is 9.06. The molecule has 0 heterocycles. The van der Waals surface area contributed by atoms with E-state index >= 15 is 0 Å². The normalized spacial score (nSPS) is 12.7. The molecule has 0 saturated carbocycles. The molecule has 3 aromatic carbocycles. The molecule has 1 atom stereocenters. The van der Waals surface area contributed by atoms with E-state index in [4.69, 9.17) is 3.07 Å². The second kappa shape index (κ2) is 16.4. The standard InChI is InChI=1S/3C6H5.3C4H9.C3H6O2S.2Sn/c3*1-2-4-6-5-3-1;3*1-3-4-2;1-2(6)3(4)5;;/h3*1-5H;3*1,3-4H2,2H3;2,6H,1H3,(H,4,5);;/q;;;;;;;2*+1/p-2. The predicted molar refractivity (Wildman–Crippen MR) is 172 cm³/mol. The molecule has 0 bridgehead atoms. The van der Waals surface area contributed by atoms with Gasteiger partial charge in [0.25, 0.3) is 0 Å². The van der Waals surface area contributed by atoms with Crippen LogP contribution in [-0.2, 0) is 7.87 Å². The first kappa shape index (κ1) is 31.6. The fraction of sp³-hybridized carbons (Fsp3) is 0.424. The molecule has 3 aromatic rings. The molecule has 0 aromatic heterocycles. The summed E-state index contributed by atoms with van der Waals surface area (Å²) >= 11 is -6.67. The van der Waals surface area contributed by atoms with Gasteiger partial charge < -0.3 is 0 Å². The zero-order chi connectivity index (χ0) is 27.3. The van der Waals surface area contributed by atoms with Crippen LogP contribution in [0.1, 0.15) is 66.2 Å². The van der Waals surface area contributed by atoms with Crippen molar-refractivity contribution in [1.82, 2.24) is 0 Å². The Labute approximate surface area is 243 Å². The SMILES string of the molecule is CCC[CH2][Sn]([CH2]CCC)([CH2]CCC)[S]C(C)C(=O)[O][Sn]([c]1ccccc1)([c]1ccccc1)[c]1ccccc1. The number of unbranched alkanes of at least 4 members (excludes halogenated alkanes) is 3. The molecule has 2 nitrogen and oxygen atoms in total. The molecule has 3 rings (SSSR count). The van der Waals surface area contributed by atoms with Crippen LogP contribution in [0.5, 0.6) is 0 Å². The van der Waals surface area contributed by atoms with E-state index in [0.29, 0.717) is 0 Å². The number of carbonyl (C=O) groups is 1. The molecule has 0 aliphatic carbocycles. The van der Waals surface area contributed by atoms with E-state index < -0.39 is 35.8 Å². The Morgan fingerprint density at radius 2 is 1.00 bits per heavy atom. The molecule has 0 fully saturated rings. The van der Waals surface area contributed by atoms with Crippen LogP contribution >= 0.6 is 8.95 Å². The van der Waals surface area contributed by atoms with Crippen molar-refractivity contribution in [2.24, 2.45) is 0 Å². The minimum absolute atomic E-state index is 0.00655. The fourth-order valence-corrected chi connectivity index (χ4v) is 41.7. The molecule has 204 valence electrons. The molecule has 38 heavy (non-hydrogen) atoms. The van der Waals surface area contributed by atoms with Gasteiger partial charge in [-0.3, -0.25) is 0 Å². The van der Waals surface area contributed by atoms with Gasteiger partial charge in [0, 0.05) is 0 Å². The van der Waals surface area contributed by atoms with Crippen molar-refractivity contribution < 1.29 is 7.87 Å². The van der Waals surface area contributed by atoms with Gasteiger partial charge in [0.05, 0.1) is 0 Å². The Bertz CT molecular complexity index is 957. The molecule has 0 radical (unpaired) electrons. The average molecular weight is 744 g/mol. The van der Waals surface area contributed by atoms with Gasteiger partial charge in [0.15, 0.2) is 0 Å². The Kier molecular flexibility index (Phi) is 13.6. The first-order valence-electron chi connectivity index (χ1n) is 14.6. The van der Waals surface area contributed by atoms with Gasteiger partial charge >= 0.3 is 245 Å². The Balaban J connectivity index is 2.02. The van der Waals surface area contributed by atoms with E-state index in [1.165, 1.54) is 62.6 Å². The first-order chi connectivity index (χ1) is 18.5. The summed E-state index contributed by atoms with van der Waals surface area (Å²) in [5.74, 6) is -0.00655. The number of rotatable bonds is 16. The third-order valence-corrected chi connectivity index (χ3v) is 42.1. The molecule has 1 unspecified atom stereocenters. The number of hydrogen-bond donors (Lipinski definition) is 0. The quantitative estimate of drug-likeness (QED) is 0.141. The summed E-state index contributed by atoms with van der Waals surface area (Å²) < 4.78 is 14.7. The number of hydrogen-bond acceptors (Lipinski definition) is 3. The molecule has 0 aliphatic rings. The van der Waals surface area contributed by atoms with Gasteiger partial charge in [-0.25, -0.2) is 0 Å². The molecule has 0 spiro atoms. The maximum absolute atomic E-state index is 14.2. The zero-order valence-corrected chi connectivity index (χ0v) is 30.4. The van der Waals surface area contributed by atoms with Crippen molar-refractivity contribution in [1.29, 1.82) is 0 Å². The van der Waals surface area contributed by atoms with Crippen molar-refractivity contribution in [3.8, 4) is 0 Å². The summed E-state index contributed by atoms with van der Waals surface area (Å²) in [7, 11) is 2.12. The van der Waals surface area contributed by atoms with Gasteiger partial charge in [-0.05, 0) is 0 Å². The van der Waals surface area contributed by atoms with Crippen LogP contribution < -0.4 is 10.7 Å². The molecule has 5 heteroatoms. The van der Waals surface area contributed by atoms with E-state index in [1.807, 2.05) is 0 Å².